The van der Waals surface area contributed by atoms with Crippen molar-refractivity contribution in [2.75, 3.05) is 11.1 Å². The van der Waals surface area contributed by atoms with Crippen LogP contribution in [0.4, 0.5) is 11.4 Å². The Labute approximate surface area is 180 Å². The minimum atomic E-state index is -0.500. The number of non-ortho nitro benzene ring substituents is 1. The Bertz CT molecular complexity index is 1150. The lowest BCUT2D eigenvalue weighted by Crippen LogP contribution is -2.16. The number of carbonyl (C=O) groups excluding carboxylic acids is 2. The number of hydrogen-bond acceptors (Lipinski definition) is 7. The Balaban J connectivity index is 1.74. The van der Waals surface area contributed by atoms with Crippen molar-refractivity contribution in [2.45, 2.75) is 19.0 Å². The van der Waals surface area contributed by atoms with Crippen molar-refractivity contribution in [1.29, 1.82) is 0 Å². The van der Waals surface area contributed by atoms with E-state index in [1.54, 1.807) is 31.2 Å². The molecular weight excluding hydrogens is 430 g/mol. The number of rotatable bonds is 6. The zero-order valence-corrected chi connectivity index (χ0v) is 17.5. The van der Waals surface area contributed by atoms with E-state index in [9.17, 15) is 19.7 Å². The first-order valence-electron chi connectivity index (χ1n) is 8.67. The Hall–Kier alpha value is -3.24. The molecule has 0 radical (unpaired) electrons. The second-order valence-corrected chi connectivity index (χ2v) is 7.57. The van der Waals surface area contributed by atoms with Crippen molar-refractivity contribution in [1.82, 2.24) is 14.8 Å². The molecule has 0 unspecified atom stereocenters. The first kappa shape index (κ1) is 21.5. The van der Waals surface area contributed by atoms with Gasteiger partial charge in [-0.1, -0.05) is 35.5 Å². The number of nitro benzene ring substituents is 1. The molecule has 154 valence electrons. The molecule has 0 saturated carbocycles. The fourth-order valence-electron chi connectivity index (χ4n) is 2.57. The normalized spacial score (nSPS) is 10.6. The summed E-state index contributed by atoms with van der Waals surface area (Å²) in [5.74, 6) is -0.459. The minimum absolute atomic E-state index is 0.0373. The largest absolute Gasteiger partial charge is 0.325 e. The zero-order chi connectivity index (χ0) is 21.8. The van der Waals surface area contributed by atoms with Gasteiger partial charge in [0.05, 0.1) is 15.7 Å². The highest BCUT2D eigenvalue weighted by Gasteiger charge is 2.18. The fraction of sp³-hybridized carbons (Fsp3) is 0.158. The molecule has 1 N–H and O–H groups in total. The van der Waals surface area contributed by atoms with Gasteiger partial charge in [-0.3, -0.25) is 19.7 Å². The minimum Gasteiger partial charge on any atom is -0.325 e. The van der Waals surface area contributed by atoms with Gasteiger partial charge in [0.1, 0.15) is 0 Å². The van der Waals surface area contributed by atoms with Crippen LogP contribution < -0.4 is 5.32 Å². The molecule has 1 heterocycles. The highest BCUT2D eigenvalue weighted by Crippen LogP contribution is 2.28. The summed E-state index contributed by atoms with van der Waals surface area (Å²) < 4.78 is 1.12. The summed E-state index contributed by atoms with van der Waals surface area (Å²) in [6, 6.07) is 11.2. The van der Waals surface area contributed by atoms with E-state index in [4.69, 9.17) is 11.6 Å². The van der Waals surface area contributed by atoms with E-state index in [2.05, 4.69) is 15.4 Å². The van der Waals surface area contributed by atoms with E-state index >= 15 is 0 Å². The summed E-state index contributed by atoms with van der Waals surface area (Å²) >= 11 is 7.22. The lowest BCUT2D eigenvalue weighted by Gasteiger charge is -2.08. The number of benzene rings is 2. The molecule has 1 aromatic heterocycles. The van der Waals surface area contributed by atoms with Gasteiger partial charge in [0, 0.05) is 30.3 Å². The zero-order valence-electron chi connectivity index (χ0n) is 16.0. The number of amides is 1. The number of anilines is 1. The molecule has 30 heavy (non-hydrogen) atoms. The van der Waals surface area contributed by atoms with Crippen molar-refractivity contribution >= 4 is 46.6 Å². The van der Waals surface area contributed by atoms with Crippen molar-refractivity contribution in [2.24, 2.45) is 0 Å². The average Bonchev–Trinajstić information content (AvgIpc) is 3.12. The third-order valence-corrected chi connectivity index (χ3v) is 5.28. The molecule has 9 nitrogen and oxygen atoms in total. The van der Waals surface area contributed by atoms with Gasteiger partial charge in [-0.05, 0) is 30.7 Å². The van der Waals surface area contributed by atoms with Gasteiger partial charge in [0.25, 0.3) is 5.69 Å². The van der Waals surface area contributed by atoms with Gasteiger partial charge in [0.15, 0.2) is 11.0 Å². The van der Waals surface area contributed by atoms with Crippen LogP contribution in [0.25, 0.3) is 11.4 Å². The standard InChI is InChI=1S/C19H16ClN5O4S/c1-11-9-13(25(28)29)7-8-16(11)21-17(27)10-30-19-22-18(23-24(19)12(2)26)14-5-3-4-6-15(14)20/h3-9H,10H2,1-2H3,(H,21,27). The molecule has 0 aliphatic rings. The van der Waals surface area contributed by atoms with Crippen LogP contribution in [0.3, 0.4) is 0 Å². The third-order valence-electron chi connectivity index (χ3n) is 4.02. The fourth-order valence-corrected chi connectivity index (χ4v) is 3.57. The highest BCUT2D eigenvalue weighted by molar-refractivity contribution is 7.99. The third kappa shape index (κ3) is 4.84. The van der Waals surface area contributed by atoms with E-state index in [0.717, 1.165) is 16.4 Å². The number of nitrogens with zero attached hydrogens (tertiary/aromatic N) is 4. The van der Waals surface area contributed by atoms with Crippen LogP contribution in [0.2, 0.25) is 5.02 Å². The number of nitrogens with one attached hydrogen (secondary N) is 1. The number of thioether (sulfide) groups is 1. The summed E-state index contributed by atoms with van der Waals surface area (Å²) in [5, 5.41) is 18.4. The van der Waals surface area contributed by atoms with Crippen LogP contribution in [0.1, 0.15) is 17.3 Å². The lowest BCUT2D eigenvalue weighted by molar-refractivity contribution is -0.384. The van der Waals surface area contributed by atoms with Crippen LogP contribution in [0.15, 0.2) is 47.6 Å². The Morgan fingerprint density at radius 3 is 2.63 bits per heavy atom. The highest BCUT2D eigenvalue weighted by atomic mass is 35.5. The topological polar surface area (TPSA) is 120 Å². The van der Waals surface area contributed by atoms with Crippen molar-refractivity contribution in [3.05, 3.63) is 63.2 Å². The quantitative estimate of drug-likeness (QED) is 0.342. The molecule has 1 amide bonds. The number of halogens is 1. The summed E-state index contributed by atoms with van der Waals surface area (Å²) in [6.45, 7) is 3.01. The summed E-state index contributed by atoms with van der Waals surface area (Å²) in [6.07, 6.45) is 0. The van der Waals surface area contributed by atoms with Crippen molar-refractivity contribution in [3.63, 3.8) is 0 Å². The van der Waals surface area contributed by atoms with Crippen LogP contribution >= 0.6 is 23.4 Å². The van der Waals surface area contributed by atoms with E-state index in [1.807, 2.05) is 0 Å². The molecule has 0 saturated heterocycles. The Morgan fingerprint density at radius 2 is 2.00 bits per heavy atom. The second-order valence-electron chi connectivity index (χ2n) is 6.22. The van der Waals surface area contributed by atoms with Gasteiger partial charge in [0.2, 0.25) is 11.8 Å². The van der Waals surface area contributed by atoms with Gasteiger partial charge in [-0.2, -0.15) is 4.68 Å². The van der Waals surface area contributed by atoms with Crippen LogP contribution in [0.5, 0.6) is 0 Å². The molecule has 3 aromatic rings. The number of aryl methyl sites for hydroxylation is 1. The first-order chi connectivity index (χ1) is 14.3. The molecule has 0 aliphatic heterocycles. The molecule has 0 bridgehead atoms. The number of hydrogen-bond donors (Lipinski definition) is 1. The van der Waals surface area contributed by atoms with E-state index in [-0.39, 0.29) is 34.2 Å². The Morgan fingerprint density at radius 1 is 1.27 bits per heavy atom. The predicted molar refractivity (Wildman–Crippen MR) is 114 cm³/mol. The van der Waals surface area contributed by atoms with Gasteiger partial charge < -0.3 is 5.32 Å². The Kier molecular flexibility index (Phi) is 6.48. The smallest absolute Gasteiger partial charge is 0.269 e. The van der Waals surface area contributed by atoms with Gasteiger partial charge >= 0.3 is 0 Å². The average molecular weight is 446 g/mol. The lowest BCUT2D eigenvalue weighted by atomic mass is 10.2. The molecule has 0 aliphatic carbocycles. The SMILES string of the molecule is CC(=O)n1nc(-c2ccccc2Cl)nc1SCC(=O)Nc1ccc([N+](=O)[O-])cc1C. The van der Waals surface area contributed by atoms with E-state index in [1.165, 1.54) is 25.1 Å². The maximum atomic E-state index is 12.3. The number of nitro groups is 1. The molecule has 0 spiro atoms. The van der Waals surface area contributed by atoms with Gasteiger partial charge in [-0.25, -0.2) is 4.98 Å². The van der Waals surface area contributed by atoms with Crippen LogP contribution in [-0.2, 0) is 4.79 Å². The molecule has 3 rings (SSSR count). The molecule has 0 atom stereocenters. The monoisotopic (exact) mass is 445 g/mol. The first-order valence-corrected chi connectivity index (χ1v) is 10.0. The molecule has 11 heteroatoms. The summed E-state index contributed by atoms with van der Waals surface area (Å²) in [5.41, 5.74) is 1.56. The summed E-state index contributed by atoms with van der Waals surface area (Å²) in [4.78, 5) is 38.9. The van der Waals surface area contributed by atoms with Crippen molar-refractivity contribution in [3.8, 4) is 11.4 Å². The number of aromatic nitrogens is 3. The van der Waals surface area contributed by atoms with E-state index in [0.29, 0.717) is 21.8 Å². The van der Waals surface area contributed by atoms with Gasteiger partial charge in [-0.15, -0.1) is 5.10 Å². The maximum absolute atomic E-state index is 12.3. The second kappa shape index (κ2) is 9.06. The molecular formula is C19H16ClN5O4S. The maximum Gasteiger partial charge on any atom is 0.269 e. The van der Waals surface area contributed by atoms with Crippen molar-refractivity contribution < 1.29 is 14.5 Å². The van der Waals surface area contributed by atoms with E-state index < -0.39 is 4.92 Å². The van der Waals surface area contributed by atoms with Crippen LogP contribution in [-0.4, -0.2) is 37.3 Å². The predicted octanol–water partition coefficient (Wildman–Crippen LogP) is 4.21. The molecule has 0 fully saturated rings. The van der Waals surface area contributed by atoms with Crippen LogP contribution in [0, 0.1) is 17.0 Å². The number of carbonyl (C=O) groups is 2. The molecule has 2 aromatic carbocycles. The summed E-state index contributed by atoms with van der Waals surface area (Å²) in [7, 11) is 0.